The molecule has 2 aromatic rings. The zero-order valence-electron chi connectivity index (χ0n) is 13.1. The monoisotopic (exact) mass is 370 g/mol. The molecule has 0 aliphatic carbocycles. The van der Waals surface area contributed by atoms with Crippen molar-refractivity contribution in [3.05, 3.63) is 80.8 Å². The minimum atomic E-state index is -0.289. The van der Waals surface area contributed by atoms with E-state index in [-0.39, 0.29) is 11.8 Å². The van der Waals surface area contributed by atoms with E-state index in [0.29, 0.717) is 32.6 Å². The molecule has 0 saturated heterocycles. The van der Waals surface area contributed by atoms with Crippen molar-refractivity contribution in [3.63, 3.8) is 0 Å². The van der Waals surface area contributed by atoms with Crippen molar-refractivity contribution < 1.29 is 9.59 Å². The van der Waals surface area contributed by atoms with Gasteiger partial charge in [-0.15, -0.1) is 0 Å². The fraction of sp³-hybridized carbons (Fsp3) is 0.0526. The summed E-state index contributed by atoms with van der Waals surface area (Å²) in [6.07, 6.45) is 0. The van der Waals surface area contributed by atoms with Crippen molar-refractivity contribution in [3.8, 4) is 0 Å². The first-order valence-corrected chi connectivity index (χ1v) is 8.33. The Morgan fingerprint density at radius 2 is 1.32 bits per heavy atom. The van der Waals surface area contributed by atoms with E-state index in [9.17, 15) is 9.59 Å². The Morgan fingerprint density at radius 3 is 1.88 bits per heavy atom. The molecule has 0 spiro atoms. The predicted molar refractivity (Wildman–Crippen MR) is 97.7 cm³/mol. The normalized spacial score (nSPS) is 16.7. The van der Waals surface area contributed by atoms with E-state index in [4.69, 9.17) is 23.2 Å². The molecular weight excluding hydrogens is 359 g/mol. The molecule has 0 radical (unpaired) electrons. The molecule has 4 rings (SSSR count). The first kappa shape index (κ1) is 15.9. The van der Waals surface area contributed by atoms with Crippen molar-refractivity contribution in [1.82, 2.24) is 10.2 Å². The Hall–Kier alpha value is -2.56. The van der Waals surface area contributed by atoms with Gasteiger partial charge in [-0.05, 0) is 35.4 Å². The van der Waals surface area contributed by atoms with Gasteiger partial charge in [0.1, 0.15) is 0 Å². The molecule has 1 N–H and O–H groups in total. The molecular formula is C19H12Cl2N2O2. The molecule has 0 saturated carbocycles. The molecule has 2 aliphatic heterocycles. The van der Waals surface area contributed by atoms with Gasteiger partial charge in [0.15, 0.2) is 0 Å². The van der Waals surface area contributed by atoms with E-state index >= 15 is 0 Å². The lowest BCUT2D eigenvalue weighted by Gasteiger charge is -2.16. The third-order valence-corrected chi connectivity index (χ3v) is 4.81. The Bertz CT molecular complexity index is 973. The van der Waals surface area contributed by atoms with Gasteiger partial charge in [-0.3, -0.25) is 9.59 Å². The standard InChI is InChI=1S/C19H12Cl2N2O2/c1-23-17(11-4-8-13(21)9-5-11)15-14(19(23)25)16(22-18(15)24)10-2-6-12(20)7-3-10/h2-9H,1H3,(H,22,24). The van der Waals surface area contributed by atoms with Crippen molar-refractivity contribution in [2.24, 2.45) is 0 Å². The van der Waals surface area contributed by atoms with Crippen LogP contribution in [0.3, 0.4) is 0 Å². The quantitative estimate of drug-likeness (QED) is 0.875. The highest BCUT2D eigenvalue weighted by Crippen LogP contribution is 2.41. The number of amides is 2. The largest absolute Gasteiger partial charge is 0.321 e. The molecule has 2 heterocycles. The van der Waals surface area contributed by atoms with E-state index in [1.54, 1.807) is 55.6 Å². The van der Waals surface area contributed by atoms with Crippen LogP contribution in [0.5, 0.6) is 0 Å². The van der Waals surface area contributed by atoms with Gasteiger partial charge in [0, 0.05) is 17.1 Å². The number of nitrogens with one attached hydrogen (secondary N) is 1. The van der Waals surface area contributed by atoms with Crippen LogP contribution in [0, 0.1) is 0 Å². The Balaban J connectivity index is 1.93. The minimum absolute atomic E-state index is 0.219. The fourth-order valence-corrected chi connectivity index (χ4v) is 3.38. The number of nitrogens with zero attached hydrogens (tertiary/aromatic N) is 1. The summed E-state index contributed by atoms with van der Waals surface area (Å²) in [4.78, 5) is 26.9. The van der Waals surface area contributed by atoms with E-state index in [1.807, 2.05) is 0 Å². The second kappa shape index (κ2) is 5.76. The van der Waals surface area contributed by atoms with Gasteiger partial charge in [-0.2, -0.15) is 0 Å². The van der Waals surface area contributed by atoms with Crippen LogP contribution in [-0.4, -0.2) is 23.8 Å². The fourth-order valence-electron chi connectivity index (χ4n) is 3.13. The third kappa shape index (κ3) is 2.46. The minimum Gasteiger partial charge on any atom is -0.321 e. The summed E-state index contributed by atoms with van der Waals surface area (Å²) in [5.74, 6) is -0.508. The lowest BCUT2D eigenvalue weighted by molar-refractivity contribution is -0.122. The third-order valence-electron chi connectivity index (χ3n) is 4.31. The van der Waals surface area contributed by atoms with Gasteiger partial charge in [0.25, 0.3) is 11.8 Å². The van der Waals surface area contributed by atoms with E-state index in [0.717, 1.165) is 11.1 Å². The summed E-state index contributed by atoms with van der Waals surface area (Å²) in [6.45, 7) is 0. The lowest BCUT2D eigenvalue weighted by Crippen LogP contribution is -2.23. The summed E-state index contributed by atoms with van der Waals surface area (Å²) in [5, 5.41) is 4.00. The Morgan fingerprint density at radius 1 is 0.800 bits per heavy atom. The number of benzene rings is 2. The highest BCUT2D eigenvalue weighted by Gasteiger charge is 2.43. The number of likely N-dealkylation sites (N-methyl/N-ethyl adjacent to an activating group) is 1. The Labute approximate surface area is 154 Å². The summed E-state index contributed by atoms with van der Waals surface area (Å²) in [6, 6.07) is 14.1. The summed E-state index contributed by atoms with van der Waals surface area (Å²) >= 11 is 11.9. The molecule has 0 bridgehead atoms. The number of fused-ring (bicyclic) bond motifs is 1. The molecule has 124 valence electrons. The van der Waals surface area contributed by atoms with Gasteiger partial charge in [-0.25, -0.2) is 0 Å². The van der Waals surface area contributed by atoms with Crippen LogP contribution in [0.25, 0.3) is 11.4 Å². The van der Waals surface area contributed by atoms with Crippen LogP contribution in [0.15, 0.2) is 59.7 Å². The first-order valence-electron chi connectivity index (χ1n) is 7.57. The van der Waals surface area contributed by atoms with Crippen LogP contribution < -0.4 is 5.32 Å². The first-order chi connectivity index (χ1) is 12.0. The molecule has 2 aromatic carbocycles. The summed E-state index contributed by atoms with van der Waals surface area (Å²) < 4.78 is 0. The van der Waals surface area contributed by atoms with Crippen LogP contribution in [-0.2, 0) is 9.59 Å². The maximum Gasteiger partial charge on any atom is 0.261 e. The highest BCUT2D eigenvalue weighted by atomic mass is 35.5. The topological polar surface area (TPSA) is 49.4 Å². The van der Waals surface area contributed by atoms with Crippen molar-refractivity contribution in [1.29, 1.82) is 0 Å². The lowest BCUT2D eigenvalue weighted by atomic mass is 10.0. The second-order valence-electron chi connectivity index (χ2n) is 5.81. The molecule has 2 aliphatic rings. The molecule has 25 heavy (non-hydrogen) atoms. The van der Waals surface area contributed by atoms with Gasteiger partial charge >= 0.3 is 0 Å². The van der Waals surface area contributed by atoms with Crippen LogP contribution in [0.4, 0.5) is 0 Å². The number of halogens is 2. The van der Waals surface area contributed by atoms with E-state index < -0.39 is 0 Å². The highest BCUT2D eigenvalue weighted by molar-refractivity contribution is 6.32. The SMILES string of the molecule is CN1C(=O)C2=C(c3ccc(Cl)cc3)NC(=O)C2=C1c1ccc(Cl)cc1. The number of rotatable bonds is 2. The van der Waals surface area contributed by atoms with Crippen molar-refractivity contribution >= 4 is 46.4 Å². The number of carbonyl (C=O) groups is 2. The van der Waals surface area contributed by atoms with E-state index in [1.165, 1.54) is 4.90 Å². The van der Waals surface area contributed by atoms with Gasteiger partial charge in [0.2, 0.25) is 0 Å². The summed E-state index contributed by atoms with van der Waals surface area (Å²) in [7, 11) is 1.66. The summed E-state index contributed by atoms with van der Waals surface area (Å²) in [5.41, 5.74) is 3.37. The van der Waals surface area contributed by atoms with Crippen LogP contribution >= 0.6 is 23.2 Å². The second-order valence-corrected chi connectivity index (χ2v) is 6.68. The molecule has 0 unspecified atom stereocenters. The molecule has 0 aromatic heterocycles. The maximum atomic E-state index is 12.8. The van der Waals surface area contributed by atoms with Gasteiger partial charge < -0.3 is 10.2 Å². The van der Waals surface area contributed by atoms with Crippen molar-refractivity contribution in [2.75, 3.05) is 7.05 Å². The maximum absolute atomic E-state index is 12.8. The number of carbonyl (C=O) groups excluding carboxylic acids is 2. The molecule has 2 amide bonds. The molecule has 6 heteroatoms. The number of hydrogen-bond donors (Lipinski definition) is 1. The average molecular weight is 371 g/mol. The Kier molecular flexibility index (Phi) is 3.67. The smallest absolute Gasteiger partial charge is 0.261 e. The van der Waals surface area contributed by atoms with Crippen LogP contribution in [0.1, 0.15) is 11.1 Å². The van der Waals surface area contributed by atoms with E-state index in [2.05, 4.69) is 5.32 Å². The predicted octanol–water partition coefficient (Wildman–Crippen LogP) is 3.72. The zero-order valence-corrected chi connectivity index (χ0v) is 14.7. The molecule has 0 atom stereocenters. The van der Waals surface area contributed by atoms with Crippen LogP contribution in [0.2, 0.25) is 10.0 Å². The molecule has 0 fully saturated rings. The van der Waals surface area contributed by atoms with Crippen molar-refractivity contribution in [2.45, 2.75) is 0 Å². The number of hydrogen-bond acceptors (Lipinski definition) is 2. The van der Waals surface area contributed by atoms with Gasteiger partial charge in [0.05, 0.1) is 22.5 Å². The van der Waals surface area contributed by atoms with Gasteiger partial charge in [-0.1, -0.05) is 47.5 Å². The zero-order chi connectivity index (χ0) is 17.7. The molecule has 4 nitrogen and oxygen atoms in total. The average Bonchev–Trinajstić information content (AvgIpc) is 3.06.